The van der Waals surface area contributed by atoms with Crippen LogP contribution in [-0.2, 0) is 9.53 Å². The van der Waals surface area contributed by atoms with Crippen LogP contribution in [0.3, 0.4) is 0 Å². The number of likely N-dealkylation sites (tertiary alicyclic amines) is 1. The molecule has 0 aromatic heterocycles. The van der Waals surface area contributed by atoms with E-state index in [1.165, 1.54) is 6.92 Å². The van der Waals surface area contributed by atoms with Gasteiger partial charge in [-0.3, -0.25) is 4.79 Å². The number of rotatable bonds is 3. The van der Waals surface area contributed by atoms with Gasteiger partial charge in [-0.2, -0.15) is 0 Å². The SMILES string of the molecule is CC(=O)OC1(Oc2cccc(Br)c2)CCN(C)CC1. The van der Waals surface area contributed by atoms with Crippen molar-refractivity contribution in [1.82, 2.24) is 4.90 Å². The third-order valence-corrected chi connectivity index (χ3v) is 3.67. The molecule has 0 saturated carbocycles. The molecule has 1 saturated heterocycles. The molecule has 0 radical (unpaired) electrons. The van der Waals surface area contributed by atoms with Crippen LogP contribution in [0.1, 0.15) is 19.8 Å². The number of nitrogens with zero attached hydrogens (tertiary/aromatic N) is 1. The lowest BCUT2D eigenvalue weighted by Gasteiger charge is -2.39. The van der Waals surface area contributed by atoms with E-state index in [1.807, 2.05) is 24.3 Å². The topological polar surface area (TPSA) is 38.8 Å². The number of carbonyl (C=O) groups is 1. The predicted molar refractivity (Wildman–Crippen MR) is 76.0 cm³/mol. The lowest BCUT2D eigenvalue weighted by atomic mass is 10.0. The van der Waals surface area contributed by atoms with E-state index in [0.29, 0.717) is 18.6 Å². The number of piperidine rings is 1. The highest BCUT2D eigenvalue weighted by Gasteiger charge is 2.39. The molecule has 104 valence electrons. The number of benzene rings is 1. The largest absolute Gasteiger partial charge is 0.452 e. The van der Waals surface area contributed by atoms with Gasteiger partial charge in [0.25, 0.3) is 5.79 Å². The third-order valence-electron chi connectivity index (χ3n) is 3.18. The van der Waals surface area contributed by atoms with Crippen LogP contribution in [0.4, 0.5) is 0 Å². The highest BCUT2D eigenvalue weighted by molar-refractivity contribution is 9.10. The van der Waals surface area contributed by atoms with Crippen LogP contribution in [0.15, 0.2) is 28.7 Å². The summed E-state index contributed by atoms with van der Waals surface area (Å²) in [6.07, 6.45) is 1.35. The quantitative estimate of drug-likeness (QED) is 0.632. The van der Waals surface area contributed by atoms with E-state index in [0.717, 1.165) is 17.6 Å². The van der Waals surface area contributed by atoms with Gasteiger partial charge in [-0.1, -0.05) is 22.0 Å². The molecule has 0 bridgehead atoms. The van der Waals surface area contributed by atoms with Crippen molar-refractivity contribution >= 4 is 21.9 Å². The Balaban J connectivity index is 2.16. The van der Waals surface area contributed by atoms with Crippen LogP contribution in [0.2, 0.25) is 0 Å². The highest BCUT2D eigenvalue weighted by atomic mass is 79.9. The van der Waals surface area contributed by atoms with Crippen molar-refractivity contribution in [2.45, 2.75) is 25.6 Å². The van der Waals surface area contributed by atoms with Crippen molar-refractivity contribution in [1.29, 1.82) is 0 Å². The molecule has 2 rings (SSSR count). The fraction of sp³-hybridized carbons (Fsp3) is 0.500. The first-order valence-corrected chi connectivity index (χ1v) is 7.11. The first-order chi connectivity index (χ1) is 8.99. The van der Waals surface area contributed by atoms with E-state index in [-0.39, 0.29) is 5.97 Å². The Morgan fingerprint density at radius 2 is 2.05 bits per heavy atom. The lowest BCUT2D eigenvalue weighted by Crippen LogP contribution is -2.49. The minimum Gasteiger partial charge on any atom is -0.452 e. The Kier molecular flexibility index (Phi) is 4.47. The average Bonchev–Trinajstić information content (AvgIpc) is 2.32. The molecule has 1 heterocycles. The predicted octanol–water partition coefficient (Wildman–Crippen LogP) is 2.81. The van der Waals surface area contributed by atoms with E-state index >= 15 is 0 Å². The van der Waals surface area contributed by atoms with Gasteiger partial charge in [-0.05, 0) is 25.2 Å². The monoisotopic (exact) mass is 327 g/mol. The van der Waals surface area contributed by atoms with E-state index in [2.05, 4.69) is 27.9 Å². The van der Waals surface area contributed by atoms with E-state index in [1.54, 1.807) is 0 Å². The molecule has 5 heteroatoms. The number of hydrogen-bond donors (Lipinski definition) is 0. The molecule has 1 fully saturated rings. The maximum absolute atomic E-state index is 11.3. The van der Waals surface area contributed by atoms with Gasteiger partial charge in [0.15, 0.2) is 0 Å². The van der Waals surface area contributed by atoms with Gasteiger partial charge in [-0.25, -0.2) is 0 Å². The minimum absolute atomic E-state index is 0.306. The van der Waals surface area contributed by atoms with Crippen LogP contribution in [0, 0.1) is 0 Å². The maximum atomic E-state index is 11.3. The van der Waals surface area contributed by atoms with E-state index in [9.17, 15) is 4.79 Å². The Hall–Kier alpha value is -1.07. The summed E-state index contributed by atoms with van der Waals surface area (Å²) in [6, 6.07) is 7.58. The van der Waals surface area contributed by atoms with Crippen molar-refractivity contribution in [2.75, 3.05) is 20.1 Å². The van der Waals surface area contributed by atoms with Gasteiger partial charge in [0, 0.05) is 37.3 Å². The van der Waals surface area contributed by atoms with Gasteiger partial charge in [0.2, 0.25) is 0 Å². The fourth-order valence-corrected chi connectivity index (χ4v) is 2.57. The Morgan fingerprint density at radius 1 is 1.37 bits per heavy atom. The van der Waals surface area contributed by atoms with Gasteiger partial charge < -0.3 is 14.4 Å². The standard InChI is InChI=1S/C14H18BrNO3/c1-11(17)18-14(6-8-16(2)9-7-14)19-13-5-3-4-12(15)10-13/h3-5,10H,6-9H2,1-2H3. The molecule has 0 amide bonds. The Labute approximate surface area is 121 Å². The van der Waals surface area contributed by atoms with Gasteiger partial charge >= 0.3 is 5.97 Å². The smallest absolute Gasteiger partial charge is 0.305 e. The van der Waals surface area contributed by atoms with E-state index in [4.69, 9.17) is 9.47 Å². The van der Waals surface area contributed by atoms with Gasteiger partial charge in [0.05, 0.1) is 0 Å². The van der Waals surface area contributed by atoms with Crippen molar-refractivity contribution in [3.05, 3.63) is 28.7 Å². The summed E-state index contributed by atoms with van der Waals surface area (Å²) in [4.78, 5) is 13.5. The number of halogens is 1. The number of hydrogen-bond acceptors (Lipinski definition) is 4. The second-order valence-electron chi connectivity index (χ2n) is 4.87. The second kappa shape index (κ2) is 5.92. The normalized spacial score (nSPS) is 18.9. The minimum atomic E-state index is -0.834. The molecular formula is C14H18BrNO3. The molecule has 0 atom stereocenters. The molecule has 0 aliphatic carbocycles. The van der Waals surface area contributed by atoms with Crippen LogP contribution in [0.5, 0.6) is 5.75 Å². The zero-order chi connectivity index (χ0) is 13.9. The summed E-state index contributed by atoms with van der Waals surface area (Å²) < 4.78 is 12.4. The summed E-state index contributed by atoms with van der Waals surface area (Å²) in [5, 5.41) is 0. The Morgan fingerprint density at radius 3 is 2.63 bits per heavy atom. The number of ether oxygens (including phenoxy) is 2. The lowest BCUT2D eigenvalue weighted by molar-refractivity contribution is -0.209. The summed E-state index contributed by atoms with van der Waals surface area (Å²) in [5.41, 5.74) is 0. The molecular weight excluding hydrogens is 310 g/mol. The van der Waals surface area contributed by atoms with Crippen LogP contribution in [-0.4, -0.2) is 36.8 Å². The first kappa shape index (κ1) is 14.3. The van der Waals surface area contributed by atoms with Crippen molar-refractivity contribution < 1.29 is 14.3 Å². The van der Waals surface area contributed by atoms with Crippen molar-refractivity contribution in [3.63, 3.8) is 0 Å². The van der Waals surface area contributed by atoms with Crippen molar-refractivity contribution in [3.8, 4) is 5.75 Å². The summed E-state index contributed by atoms with van der Waals surface area (Å²) in [5.74, 6) is -0.432. The number of esters is 1. The summed E-state index contributed by atoms with van der Waals surface area (Å²) in [6.45, 7) is 3.12. The molecule has 1 aliphatic rings. The average molecular weight is 328 g/mol. The molecule has 4 nitrogen and oxygen atoms in total. The molecule has 1 aliphatic heterocycles. The first-order valence-electron chi connectivity index (χ1n) is 6.32. The molecule has 0 unspecified atom stereocenters. The number of carbonyl (C=O) groups excluding carboxylic acids is 1. The van der Waals surface area contributed by atoms with Crippen LogP contribution < -0.4 is 4.74 Å². The van der Waals surface area contributed by atoms with Crippen LogP contribution in [0.25, 0.3) is 0 Å². The third kappa shape index (κ3) is 3.94. The molecule has 1 aromatic rings. The van der Waals surface area contributed by atoms with Crippen LogP contribution >= 0.6 is 15.9 Å². The second-order valence-corrected chi connectivity index (χ2v) is 5.78. The summed E-state index contributed by atoms with van der Waals surface area (Å²) >= 11 is 3.41. The molecule has 1 aromatic carbocycles. The molecule has 0 spiro atoms. The Bertz CT molecular complexity index is 456. The highest BCUT2D eigenvalue weighted by Crippen LogP contribution is 2.31. The van der Waals surface area contributed by atoms with Gasteiger partial charge in [0.1, 0.15) is 5.75 Å². The van der Waals surface area contributed by atoms with Crippen molar-refractivity contribution in [2.24, 2.45) is 0 Å². The van der Waals surface area contributed by atoms with E-state index < -0.39 is 5.79 Å². The fourth-order valence-electron chi connectivity index (χ4n) is 2.19. The zero-order valence-corrected chi connectivity index (χ0v) is 12.8. The van der Waals surface area contributed by atoms with Gasteiger partial charge in [-0.15, -0.1) is 0 Å². The zero-order valence-electron chi connectivity index (χ0n) is 11.2. The molecule has 0 N–H and O–H groups in total. The summed E-state index contributed by atoms with van der Waals surface area (Å²) in [7, 11) is 2.05. The molecule has 19 heavy (non-hydrogen) atoms. The maximum Gasteiger partial charge on any atom is 0.305 e.